The van der Waals surface area contributed by atoms with Crippen LogP contribution in [-0.4, -0.2) is 63.1 Å². The Morgan fingerprint density at radius 1 is 0.472 bits per heavy atom. The first-order valence-electron chi connectivity index (χ1n) is 27.2. The van der Waals surface area contributed by atoms with Gasteiger partial charge < -0.3 is 16.0 Å². The number of nitro groups is 2. The highest BCUT2D eigenvalue weighted by Crippen LogP contribution is 2.35. The highest BCUT2D eigenvalue weighted by atomic mass is 32.2. The molecule has 0 saturated carbocycles. The van der Waals surface area contributed by atoms with Crippen LogP contribution in [0.25, 0.3) is 31.7 Å². The van der Waals surface area contributed by atoms with Crippen molar-refractivity contribution in [3.05, 3.63) is 255 Å². The third kappa shape index (κ3) is 18.2. The zero-order chi connectivity index (χ0) is 62.3. The summed E-state index contributed by atoms with van der Waals surface area (Å²) in [7, 11) is -4.29. The van der Waals surface area contributed by atoms with E-state index in [9.17, 15) is 28.6 Å². The highest BCUT2D eigenvalue weighted by molar-refractivity contribution is 7.87. The normalized spacial score (nSPS) is 12.1. The molecule has 0 aliphatic heterocycles. The Kier molecular flexibility index (Phi) is 21.0. The summed E-state index contributed by atoms with van der Waals surface area (Å²) >= 11 is 9.33. The molecule has 0 spiro atoms. The van der Waals surface area contributed by atoms with Crippen LogP contribution in [0, 0.1) is 41.0 Å². The number of nitrogens with one attached hydrogen (secondary N) is 4. The Bertz CT molecular complexity index is 4180. The number of nitrogens with zero attached hydrogens (tertiary/aromatic N) is 10. The molecule has 0 aliphatic rings. The van der Waals surface area contributed by atoms with Crippen LogP contribution in [-0.2, 0) is 29.6 Å². The van der Waals surface area contributed by atoms with Crippen LogP contribution in [0.15, 0.2) is 186 Å². The maximum absolute atomic E-state index is 11.0. The van der Waals surface area contributed by atoms with Gasteiger partial charge in [0.2, 0.25) is 10.3 Å². The summed E-state index contributed by atoms with van der Waals surface area (Å²) in [5, 5.41) is 62.8. The summed E-state index contributed by atoms with van der Waals surface area (Å²) in [5.41, 5.74) is 9.36. The van der Waals surface area contributed by atoms with Crippen LogP contribution in [0.4, 0.5) is 32.3 Å². The Labute approximate surface area is 535 Å². The van der Waals surface area contributed by atoms with Crippen LogP contribution in [0.3, 0.4) is 0 Å². The molecule has 5 N–H and O–H groups in total. The second-order valence-corrected chi connectivity index (χ2v) is 27.0. The lowest BCUT2D eigenvalue weighted by Gasteiger charge is -2.17. The summed E-state index contributed by atoms with van der Waals surface area (Å²) in [5.74, 6) is 0. The van der Waals surface area contributed by atoms with Crippen molar-refractivity contribution in [1.82, 2.24) is 40.3 Å². The first kappa shape index (κ1) is 62.9. The monoisotopic (exact) mass is 1320 g/mol. The Hall–Kier alpha value is -9.13. The van der Waals surface area contributed by atoms with Gasteiger partial charge in [0.05, 0.1) is 61.9 Å². The molecule has 0 unspecified atom stereocenters. The second kappa shape index (κ2) is 29.7. The van der Waals surface area contributed by atoms with E-state index in [4.69, 9.17) is 19.5 Å². The lowest BCUT2D eigenvalue weighted by atomic mass is 10.0. The minimum atomic E-state index is -4.29. The average molecular weight is 1320 g/mol. The molecule has 452 valence electrons. The number of benzene rings is 6. The van der Waals surface area contributed by atoms with E-state index in [1.165, 1.54) is 46.9 Å². The van der Waals surface area contributed by atoms with E-state index in [1.807, 2.05) is 141 Å². The Balaban J connectivity index is 0.000000147. The minimum absolute atomic E-state index is 0.0815. The lowest BCUT2D eigenvalue weighted by molar-refractivity contribution is -0.385. The molecule has 0 saturated heterocycles. The lowest BCUT2D eigenvalue weighted by Crippen LogP contribution is -2.14. The maximum Gasteiger partial charge on any atom is 0.357 e. The third-order valence-electron chi connectivity index (χ3n) is 13.1. The topological polar surface area (TPSA) is 292 Å². The molecular formula is C61H54N14O7S7. The van der Waals surface area contributed by atoms with Crippen molar-refractivity contribution in [3.63, 3.8) is 0 Å². The first-order valence-corrected chi connectivity index (χ1v) is 33.7. The molecule has 21 nitrogen and oxygen atoms in total. The van der Waals surface area contributed by atoms with E-state index in [0.717, 1.165) is 95.8 Å². The van der Waals surface area contributed by atoms with Crippen molar-refractivity contribution < 1.29 is 22.8 Å². The number of anilines is 4. The molecular weight excluding hydrogens is 1270 g/mol. The van der Waals surface area contributed by atoms with E-state index < -0.39 is 20.2 Å². The fourth-order valence-electron chi connectivity index (χ4n) is 8.85. The van der Waals surface area contributed by atoms with E-state index >= 15 is 0 Å². The van der Waals surface area contributed by atoms with E-state index in [-0.39, 0.29) is 29.5 Å². The predicted octanol–water partition coefficient (Wildman–Crippen LogP) is 15.7. The number of rotatable bonds is 22. The van der Waals surface area contributed by atoms with Crippen molar-refractivity contribution in [1.29, 1.82) is 0 Å². The molecule has 3 atom stereocenters. The fraction of sp³-hybridized carbons (Fsp3) is 0.148. The average Bonchev–Trinajstić information content (AvgIpc) is 2.86. The summed E-state index contributed by atoms with van der Waals surface area (Å²) in [6.45, 7) is 5.77. The number of hydrogen-bond donors (Lipinski definition) is 5. The molecule has 6 aromatic heterocycles. The second-order valence-electron chi connectivity index (χ2n) is 19.7. The molecule has 0 fully saturated rings. The molecule has 0 radical (unpaired) electrons. The van der Waals surface area contributed by atoms with Crippen LogP contribution < -0.4 is 20.7 Å². The first-order chi connectivity index (χ1) is 43.0. The molecule has 0 bridgehead atoms. The number of thiazole rings is 4. The van der Waals surface area contributed by atoms with Crippen molar-refractivity contribution in [2.45, 2.75) is 58.2 Å². The quantitative estimate of drug-likeness (QED) is 0.0239. The van der Waals surface area contributed by atoms with Gasteiger partial charge in [-0.05, 0) is 68.9 Å². The van der Waals surface area contributed by atoms with Crippen LogP contribution in [0.2, 0.25) is 0 Å². The number of non-ortho nitro benzene ring substituents is 2. The SMILES string of the molecule is Cc1ncc(N[C@@H](Cc2ccc(NS(=O)(=O)O)cc2)c2csc(-c3ccccc3)n2)s1.Cc1nnc(N[C@@H](Cc2ccc([N+](=O)[O-])cc2)c2csc(-c3ccccc3)n2)s1.Cc1nnc(N[C@@H](Cc2ccc([N+](=O)[O-])cc2)c2csc(-c3ccccc3)n2)s1. The molecule has 12 aromatic rings. The van der Waals surface area contributed by atoms with Gasteiger partial charge in [-0.2, -0.15) is 8.42 Å². The van der Waals surface area contributed by atoms with Crippen molar-refractivity contribution in [3.8, 4) is 31.7 Å². The van der Waals surface area contributed by atoms with Gasteiger partial charge in [0.1, 0.15) is 30.0 Å². The van der Waals surface area contributed by atoms with Crippen molar-refractivity contribution in [2.24, 2.45) is 0 Å². The van der Waals surface area contributed by atoms with Gasteiger partial charge in [0, 0.05) is 57.1 Å². The number of nitro benzene ring substituents is 2. The summed E-state index contributed by atoms with van der Waals surface area (Å²) < 4.78 is 33.0. The molecule has 28 heteroatoms. The van der Waals surface area contributed by atoms with Gasteiger partial charge in [0.15, 0.2) is 0 Å². The minimum Gasteiger partial charge on any atom is -0.367 e. The Morgan fingerprint density at radius 3 is 1.15 bits per heavy atom. The summed E-state index contributed by atoms with van der Waals surface area (Å²) in [6.07, 6.45) is 3.70. The largest absolute Gasteiger partial charge is 0.367 e. The van der Waals surface area contributed by atoms with Gasteiger partial charge in [-0.25, -0.2) is 19.9 Å². The maximum atomic E-state index is 11.0. The van der Waals surface area contributed by atoms with Crippen LogP contribution >= 0.6 is 68.0 Å². The predicted molar refractivity (Wildman–Crippen MR) is 357 cm³/mol. The van der Waals surface area contributed by atoms with Gasteiger partial charge in [0.25, 0.3) is 11.4 Å². The molecule has 0 amide bonds. The number of hydrogen-bond acceptors (Lipinski definition) is 23. The highest BCUT2D eigenvalue weighted by Gasteiger charge is 2.23. The zero-order valence-corrected chi connectivity index (χ0v) is 53.2. The van der Waals surface area contributed by atoms with E-state index in [1.54, 1.807) is 81.7 Å². The van der Waals surface area contributed by atoms with Gasteiger partial charge in [-0.3, -0.25) is 29.5 Å². The number of aromatic nitrogens is 8. The van der Waals surface area contributed by atoms with E-state index in [2.05, 4.69) is 51.4 Å². The fourth-order valence-corrected chi connectivity index (χ4v) is 13.9. The van der Waals surface area contributed by atoms with Crippen LogP contribution in [0.1, 0.15) is 66.9 Å². The molecule has 0 aliphatic carbocycles. The summed E-state index contributed by atoms with van der Waals surface area (Å²) in [6, 6.07) is 49.9. The van der Waals surface area contributed by atoms with E-state index in [0.29, 0.717) is 24.9 Å². The molecule has 6 heterocycles. The summed E-state index contributed by atoms with van der Waals surface area (Å²) in [4.78, 5) is 39.9. The number of aryl methyl sites for hydroxylation is 3. The van der Waals surface area contributed by atoms with Gasteiger partial charge in [-0.15, -0.1) is 65.7 Å². The van der Waals surface area contributed by atoms with Gasteiger partial charge >= 0.3 is 10.3 Å². The van der Waals surface area contributed by atoms with Crippen molar-refractivity contribution >= 4 is 111 Å². The smallest absolute Gasteiger partial charge is 0.357 e. The van der Waals surface area contributed by atoms with Crippen molar-refractivity contribution in [2.75, 3.05) is 20.7 Å². The Morgan fingerprint density at radius 2 is 0.831 bits per heavy atom. The van der Waals surface area contributed by atoms with Crippen LogP contribution in [0.5, 0.6) is 0 Å². The standard InChI is InChI=1S/C21H20N4O3S3.2C20H17N5O2S2/c1-14-22-12-20(30-14)23-18(11-15-7-9-17(10-8-15)25-31(26,27)28)19-13-29-21(24-19)16-5-3-2-4-6-16;2*1-13-23-24-20(29-13)22-17(11-14-7-9-16(10-8-14)25(26)27)18-12-28-19(21-18)15-5-3-2-4-6-15/h2-10,12-13,18,23,25H,11H2,1H3,(H,26,27,28);2*2-10,12,17H,11H2,1H3,(H,22,24)/t18-;2*17-/m000/s1. The molecule has 89 heavy (non-hydrogen) atoms. The zero-order valence-electron chi connectivity index (χ0n) is 47.5. The molecule has 6 aromatic carbocycles. The third-order valence-corrected chi connectivity index (χ3v) is 18.7. The molecule has 12 rings (SSSR count). The van der Waals surface area contributed by atoms with Gasteiger partial charge in [-0.1, -0.05) is 150 Å².